The van der Waals surface area contributed by atoms with Crippen LogP contribution in [-0.2, 0) is 17.8 Å². The third-order valence-corrected chi connectivity index (χ3v) is 4.29. The van der Waals surface area contributed by atoms with E-state index in [0.29, 0.717) is 13.0 Å². The van der Waals surface area contributed by atoms with Crippen molar-refractivity contribution in [2.75, 3.05) is 0 Å². The van der Waals surface area contributed by atoms with Gasteiger partial charge in [-0.25, -0.2) is 5.43 Å². The van der Waals surface area contributed by atoms with Crippen LogP contribution < -0.4 is 10.2 Å². The van der Waals surface area contributed by atoms with E-state index in [1.54, 1.807) is 6.21 Å². The Kier molecular flexibility index (Phi) is 6.58. The highest BCUT2D eigenvalue weighted by molar-refractivity contribution is 5.83. The first-order valence-electron chi connectivity index (χ1n) is 9.24. The zero-order chi connectivity index (χ0) is 19.8. The van der Waals surface area contributed by atoms with Crippen molar-refractivity contribution in [1.82, 2.24) is 5.43 Å². The predicted molar refractivity (Wildman–Crippen MR) is 113 cm³/mol. The van der Waals surface area contributed by atoms with E-state index in [-0.39, 0.29) is 5.91 Å². The number of benzene rings is 3. The summed E-state index contributed by atoms with van der Waals surface area (Å²) in [5.74, 6) is 0.652. The molecule has 0 bridgehead atoms. The molecule has 0 saturated heterocycles. The number of amides is 1. The van der Waals surface area contributed by atoms with Crippen molar-refractivity contribution < 1.29 is 9.53 Å². The number of carbonyl (C=O) groups is 1. The van der Waals surface area contributed by atoms with Crippen LogP contribution in [0.2, 0.25) is 0 Å². The maximum atomic E-state index is 11.9. The lowest BCUT2D eigenvalue weighted by molar-refractivity contribution is -0.120. The fourth-order valence-corrected chi connectivity index (χ4v) is 2.61. The van der Waals surface area contributed by atoms with Crippen LogP contribution >= 0.6 is 0 Å². The van der Waals surface area contributed by atoms with Gasteiger partial charge in [0.1, 0.15) is 12.4 Å². The van der Waals surface area contributed by atoms with Gasteiger partial charge in [-0.3, -0.25) is 4.79 Å². The van der Waals surface area contributed by atoms with Crippen molar-refractivity contribution in [3.05, 3.63) is 101 Å². The van der Waals surface area contributed by atoms with Gasteiger partial charge in [-0.05, 0) is 54.8 Å². The molecule has 28 heavy (non-hydrogen) atoms. The molecule has 3 aromatic rings. The Bertz CT molecular complexity index is 928. The number of aryl methyl sites for hydroxylation is 2. The van der Waals surface area contributed by atoms with E-state index in [9.17, 15) is 4.79 Å². The van der Waals surface area contributed by atoms with Crippen molar-refractivity contribution >= 4 is 12.1 Å². The fourth-order valence-electron chi connectivity index (χ4n) is 2.61. The van der Waals surface area contributed by atoms with Crippen LogP contribution in [0.25, 0.3) is 0 Å². The summed E-state index contributed by atoms with van der Waals surface area (Å²) in [6.45, 7) is 4.62. The van der Waals surface area contributed by atoms with E-state index in [2.05, 4.69) is 41.7 Å². The van der Waals surface area contributed by atoms with Crippen LogP contribution in [0.4, 0.5) is 0 Å². The minimum Gasteiger partial charge on any atom is -0.489 e. The van der Waals surface area contributed by atoms with Crippen molar-refractivity contribution in [2.24, 2.45) is 5.10 Å². The lowest BCUT2D eigenvalue weighted by Crippen LogP contribution is -2.19. The van der Waals surface area contributed by atoms with Crippen LogP contribution in [0.1, 0.15) is 27.8 Å². The first-order chi connectivity index (χ1) is 13.6. The molecule has 0 atom stereocenters. The largest absolute Gasteiger partial charge is 0.489 e. The van der Waals surface area contributed by atoms with Crippen LogP contribution in [0.5, 0.6) is 5.75 Å². The van der Waals surface area contributed by atoms with Crippen LogP contribution in [0, 0.1) is 13.8 Å². The minimum absolute atomic E-state index is 0.141. The van der Waals surface area contributed by atoms with Gasteiger partial charge in [0.2, 0.25) is 5.91 Å². The summed E-state index contributed by atoms with van der Waals surface area (Å²) in [7, 11) is 0. The molecule has 0 aliphatic rings. The molecule has 0 saturated carbocycles. The van der Waals surface area contributed by atoms with Gasteiger partial charge in [0.15, 0.2) is 0 Å². The van der Waals surface area contributed by atoms with Gasteiger partial charge >= 0.3 is 0 Å². The van der Waals surface area contributed by atoms with Gasteiger partial charge in [-0.15, -0.1) is 0 Å². The number of nitrogens with zero attached hydrogens (tertiary/aromatic N) is 1. The highest BCUT2D eigenvalue weighted by atomic mass is 16.5. The van der Waals surface area contributed by atoms with Gasteiger partial charge in [0.25, 0.3) is 0 Å². The van der Waals surface area contributed by atoms with Crippen molar-refractivity contribution in [3.8, 4) is 5.75 Å². The van der Waals surface area contributed by atoms with Crippen LogP contribution in [0.15, 0.2) is 77.9 Å². The van der Waals surface area contributed by atoms with E-state index in [4.69, 9.17) is 4.74 Å². The summed E-state index contributed by atoms with van der Waals surface area (Å²) in [6.07, 6.45) is 1.93. The first-order valence-corrected chi connectivity index (χ1v) is 9.24. The van der Waals surface area contributed by atoms with Gasteiger partial charge < -0.3 is 4.74 Å². The average Bonchev–Trinajstić information content (AvgIpc) is 2.70. The molecule has 3 rings (SSSR count). The smallest absolute Gasteiger partial charge is 0.244 e. The standard InChI is InChI=1S/C24H24N2O2/c1-18-3-7-20(8-4-18)15-24(27)26-25-16-21-11-13-23(14-12-21)28-17-22-9-5-19(2)6-10-22/h3-14,16H,15,17H2,1-2H3,(H,26,27)/b25-16-. The number of hydrogen-bond donors (Lipinski definition) is 1. The molecule has 142 valence electrons. The quantitative estimate of drug-likeness (QED) is 0.488. The summed E-state index contributed by atoms with van der Waals surface area (Å²) in [5, 5.41) is 4.02. The molecule has 0 aliphatic carbocycles. The van der Waals surface area contributed by atoms with E-state index < -0.39 is 0 Å². The second-order valence-electron chi connectivity index (χ2n) is 6.80. The zero-order valence-electron chi connectivity index (χ0n) is 16.2. The summed E-state index contributed by atoms with van der Waals surface area (Å²) in [4.78, 5) is 11.9. The van der Waals surface area contributed by atoms with E-state index >= 15 is 0 Å². The van der Waals surface area contributed by atoms with E-state index in [1.165, 1.54) is 11.1 Å². The van der Waals surface area contributed by atoms with Crippen molar-refractivity contribution in [3.63, 3.8) is 0 Å². The van der Waals surface area contributed by atoms with Gasteiger partial charge in [-0.1, -0.05) is 59.7 Å². The molecule has 0 unspecified atom stereocenters. The number of ether oxygens (including phenoxy) is 1. The summed E-state index contributed by atoms with van der Waals surface area (Å²) in [5.41, 5.74) is 7.95. The van der Waals surface area contributed by atoms with Crippen LogP contribution in [-0.4, -0.2) is 12.1 Å². The van der Waals surface area contributed by atoms with Crippen molar-refractivity contribution in [2.45, 2.75) is 26.9 Å². The molecule has 0 heterocycles. The SMILES string of the molecule is Cc1ccc(COc2ccc(/C=N\NC(=O)Cc3ccc(C)cc3)cc2)cc1. The Morgan fingerprint density at radius 1 is 0.857 bits per heavy atom. The minimum atomic E-state index is -0.141. The Hall–Kier alpha value is -3.40. The molecule has 0 aromatic heterocycles. The average molecular weight is 372 g/mol. The number of rotatable bonds is 7. The molecule has 0 radical (unpaired) electrons. The topological polar surface area (TPSA) is 50.7 Å². The number of carbonyl (C=O) groups excluding carboxylic acids is 1. The lowest BCUT2D eigenvalue weighted by Gasteiger charge is -2.07. The fraction of sp³-hybridized carbons (Fsp3) is 0.167. The molecule has 4 nitrogen and oxygen atoms in total. The second-order valence-corrected chi connectivity index (χ2v) is 6.80. The number of hydrazone groups is 1. The normalized spacial score (nSPS) is 10.8. The Morgan fingerprint density at radius 2 is 1.43 bits per heavy atom. The predicted octanol–water partition coefficient (Wildman–Crippen LogP) is 4.58. The molecule has 4 heteroatoms. The Balaban J connectivity index is 1.45. The maximum Gasteiger partial charge on any atom is 0.244 e. The highest BCUT2D eigenvalue weighted by Gasteiger charge is 2.01. The Morgan fingerprint density at radius 3 is 2.04 bits per heavy atom. The van der Waals surface area contributed by atoms with E-state index in [1.807, 2.05) is 55.5 Å². The van der Waals surface area contributed by atoms with Gasteiger partial charge in [0, 0.05) is 0 Å². The lowest BCUT2D eigenvalue weighted by atomic mass is 10.1. The summed E-state index contributed by atoms with van der Waals surface area (Å²) < 4.78 is 5.79. The zero-order valence-corrected chi connectivity index (χ0v) is 16.2. The van der Waals surface area contributed by atoms with Gasteiger partial charge in [0.05, 0.1) is 12.6 Å². The maximum absolute atomic E-state index is 11.9. The molecule has 1 N–H and O–H groups in total. The number of hydrogen-bond acceptors (Lipinski definition) is 3. The highest BCUT2D eigenvalue weighted by Crippen LogP contribution is 2.14. The third-order valence-electron chi connectivity index (χ3n) is 4.29. The Labute approximate surface area is 165 Å². The molecular formula is C24H24N2O2. The molecular weight excluding hydrogens is 348 g/mol. The molecule has 1 amide bonds. The second kappa shape index (κ2) is 9.51. The monoisotopic (exact) mass is 372 g/mol. The molecule has 3 aromatic carbocycles. The molecule has 0 fully saturated rings. The summed E-state index contributed by atoms with van der Waals surface area (Å²) >= 11 is 0. The molecule has 0 spiro atoms. The summed E-state index contributed by atoms with van der Waals surface area (Å²) in [6, 6.07) is 23.8. The van der Waals surface area contributed by atoms with Crippen LogP contribution in [0.3, 0.4) is 0 Å². The third kappa shape index (κ3) is 6.09. The number of nitrogens with one attached hydrogen (secondary N) is 1. The molecule has 0 aliphatic heterocycles. The van der Waals surface area contributed by atoms with Crippen molar-refractivity contribution in [1.29, 1.82) is 0 Å². The van der Waals surface area contributed by atoms with Gasteiger partial charge in [-0.2, -0.15) is 5.10 Å². The first kappa shape index (κ1) is 19.4. The van der Waals surface area contributed by atoms with E-state index in [0.717, 1.165) is 22.4 Å².